The van der Waals surface area contributed by atoms with Crippen LogP contribution in [0.1, 0.15) is 17.3 Å². The lowest BCUT2D eigenvalue weighted by molar-refractivity contribution is 0.166. The van der Waals surface area contributed by atoms with E-state index in [1.165, 1.54) is 6.20 Å². The second-order valence-electron chi connectivity index (χ2n) is 6.02. The van der Waals surface area contributed by atoms with E-state index >= 15 is 0 Å². The summed E-state index contributed by atoms with van der Waals surface area (Å²) in [5.74, 6) is 2.09. The second-order valence-corrected chi connectivity index (χ2v) is 6.42. The SMILES string of the molecule is Cc1nnc([C@@]23COC[C@@H]2CN(c2ncc(C#N)cc2Cl)C3)o1. The van der Waals surface area contributed by atoms with Crippen LogP contribution in [0, 0.1) is 24.2 Å². The van der Waals surface area contributed by atoms with Crippen LogP contribution in [0.3, 0.4) is 0 Å². The molecular weight excluding hydrogens is 318 g/mol. The van der Waals surface area contributed by atoms with E-state index in [2.05, 4.69) is 20.1 Å². The summed E-state index contributed by atoms with van der Waals surface area (Å²) in [5.41, 5.74) is 0.129. The number of rotatable bonds is 2. The van der Waals surface area contributed by atoms with Gasteiger partial charge in [0, 0.05) is 32.1 Å². The van der Waals surface area contributed by atoms with Gasteiger partial charge in [-0.3, -0.25) is 0 Å². The lowest BCUT2D eigenvalue weighted by Gasteiger charge is -2.23. The van der Waals surface area contributed by atoms with Gasteiger partial charge in [0.15, 0.2) is 0 Å². The summed E-state index contributed by atoms with van der Waals surface area (Å²) in [6, 6.07) is 3.68. The third-order valence-corrected chi connectivity index (χ3v) is 4.85. The molecule has 2 atom stereocenters. The predicted molar refractivity (Wildman–Crippen MR) is 81.2 cm³/mol. The highest BCUT2D eigenvalue weighted by atomic mass is 35.5. The number of nitriles is 1. The Morgan fingerprint density at radius 2 is 2.35 bits per heavy atom. The van der Waals surface area contributed by atoms with E-state index in [0.717, 1.165) is 6.54 Å². The first-order valence-electron chi connectivity index (χ1n) is 7.31. The summed E-state index contributed by atoms with van der Waals surface area (Å²) < 4.78 is 11.4. The van der Waals surface area contributed by atoms with Gasteiger partial charge in [0.1, 0.15) is 11.9 Å². The molecule has 2 fully saturated rings. The molecular formula is C15H14ClN5O2. The average Bonchev–Trinajstić information content (AvgIpc) is 3.20. The zero-order valence-corrected chi connectivity index (χ0v) is 13.2. The van der Waals surface area contributed by atoms with Gasteiger partial charge < -0.3 is 14.1 Å². The van der Waals surface area contributed by atoms with E-state index in [9.17, 15) is 0 Å². The molecule has 8 heteroatoms. The molecule has 2 aliphatic heterocycles. The Morgan fingerprint density at radius 1 is 1.48 bits per heavy atom. The first kappa shape index (κ1) is 14.4. The van der Waals surface area contributed by atoms with E-state index in [0.29, 0.717) is 47.9 Å². The van der Waals surface area contributed by atoms with Gasteiger partial charge in [0.25, 0.3) is 0 Å². The lowest BCUT2D eigenvalue weighted by atomic mass is 9.81. The maximum absolute atomic E-state index is 8.94. The zero-order valence-electron chi connectivity index (χ0n) is 12.5. The van der Waals surface area contributed by atoms with Crippen LogP contribution in [-0.4, -0.2) is 41.5 Å². The summed E-state index contributed by atoms with van der Waals surface area (Å²) in [6.45, 7) is 4.37. The lowest BCUT2D eigenvalue weighted by Crippen LogP contribution is -2.36. The minimum absolute atomic E-state index is 0.246. The number of anilines is 1. The van der Waals surface area contributed by atoms with Crippen LogP contribution >= 0.6 is 11.6 Å². The standard InChI is InChI=1S/C15H14ClN5O2/c1-9-19-20-14(23-9)15-7-21(5-11(15)6-22-8-15)13-12(16)2-10(3-17)4-18-13/h2,4,11H,5-8H2,1H3/t11-,15-/m0/s1. The number of aryl methyl sites for hydroxylation is 1. The number of ether oxygens (including phenoxy) is 1. The summed E-state index contributed by atoms with van der Waals surface area (Å²) in [5, 5.41) is 17.6. The monoisotopic (exact) mass is 331 g/mol. The number of nitrogens with zero attached hydrogens (tertiary/aromatic N) is 5. The van der Waals surface area contributed by atoms with Gasteiger partial charge in [-0.1, -0.05) is 11.6 Å². The van der Waals surface area contributed by atoms with Gasteiger partial charge >= 0.3 is 0 Å². The molecule has 23 heavy (non-hydrogen) atoms. The summed E-state index contributed by atoms with van der Waals surface area (Å²) in [4.78, 5) is 6.46. The van der Waals surface area contributed by atoms with E-state index in [4.69, 9.17) is 26.0 Å². The molecule has 2 aromatic heterocycles. The first-order valence-corrected chi connectivity index (χ1v) is 7.69. The molecule has 0 aliphatic carbocycles. The number of fused-ring (bicyclic) bond motifs is 1. The quantitative estimate of drug-likeness (QED) is 0.827. The summed E-state index contributed by atoms with van der Waals surface area (Å²) in [6.07, 6.45) is 1.54. The molecule has 0 spiro atoms. The Kier molecular flexibility index (Phi) is 3.25. The van der Waals surface area contributed by atoms with Crippen molar-refractivity contribution in [2.24, 2.45) is 5.92 Å². The molecule has 0 N–H and O–H groups in total. The molecule has 2 aromatic rings. The third kappa shape index (κ3) is 2.18. The highest BCUT2D eigenvalue weighted by Crippen LogP contribution is 2.45. The zero-order chi connectivity index (χ0) is 16.0. The maximum Gasteiger partial charge on any atom is 0.227 e. The minimum atomic E-state index is -0.319. The Balaban J connectivity index is 1.69. The van der Waals surface area contributed by atoms with Crippen molar-refractivity contribution in [2.75, 3.05) is 31.2 Å². The predicted octanol–water partition coefficient (Wildman–Crippen LogP) is 1.70. The van der Waals surface area contributed by atoms with Crippen LogP contribution < -0.4 is 4.90 Å². The number of hydrogen-bond acceptors (Lipinski definition) is 7. The molecule has 0 radical (unpaired) electrons. The van der Waals surface area contributed by atoms with Crippen molar-refractivity contribution in [2.45, 2.75) is 12.3 Å². The van der Waals surface area contributed by atoms with Crippen molar-refractivity contribution in [3.8, 4) is 6.07 Å². The van der Waals surface area contributed by atoms with Crippen LogP contribution in [0.25, 0.3) is 0 Å². The van der Waals surface area contributed by atoms with Crippen molar-refractivity contribution in [1.29, 1.82) is 5.26 Å². The fraction of sp³-hybridized carbons (Fsp3) is 0.467. The number of hydrogen-bond donors (Lipinski definition) is 0. The molecule has 0 bridgehead atoms. The highest BCUT2D eigenvalue weighted by molar-refractivity contribution is 6.33. The molecule has 0 amide bonds. The Bertz CT molecular complexity index is 801. The second kappa shape index (κ2) is 5.18. The third-order valence-electron chi connectivity index (χ3n) is 4.58. The van der Waals surface area contributed by atoms with Crippen LogP contribution in [0.5, 0.6) is 0 Å². The smallest absolute Gasteiger partial charge is 0.227 e. The van der Waals surface area contributed by atoms with E-state index in [1.807, 2.05) is 6.07 Å². The maximum atomic E-state index is 8.94. The van der Waals surface area contributed by atoms with Crippen LogP contribution in [0.15, 0.2) is 16.7 Å². The average molecular weight is 332 g/mol. The van der Waals surface area contributed by atoms with Crippen molar-refractivity contribution in [1.82, 2.24) is 15.2 Å². The first-order chi connectivity index (χ1) is 11.1. The van der Waals surface area contributed by atoms with Crippen LogP contribution in [0.4, 0.5) is 5.82 Å². The highest BCUT2D eigenvalue weighted by Gasteiger charge is 2.55. The number of halogens is 1. The molecule has 4 rings (SSSR count). The van der Waals surface area contributed by atoms with Gasteiger partial charge in [-0.2, -0.15) is 5.26 Å². The topological polar surface area (TPSA) is 88.1 Å². The summed E-state index contributed by atoms with van der Waals surface area (Å²) in [7, 11) is 0. The van der Waals surface area contributed by atoms with E-state index in [-0.39, 0.29) is 11.3 Å². The molecule has 118 valence electrons. The van der Waals surface area contributed by atoms with Gasteiger partial charge in [0.05, 0.1) is 29.2 Å². The van der Waals surface area contributed by atoms with E-state index in [1.54, 1.807) is 13.0 Å². The Morgan fingerprint density at radius 3 is 3.04 bits per heavy atom. The molecule has 2 saturated heterocycles. The Labute approximate surface area is 137 Å². The van der Waals surface area contributed by atoms with Crippen molar-refractivity contribution < 1.29 is 9.15 Å². The van der Waals surface area contributed by atoms with Crippen LogP contribution in [-0.2, 0) is 10.2 Å². The number of pyridine rings is 1. The number of aromatic nitrogens is 3. The van der Waals surface area contributed by atoms with Crippen molar-refractivity contribution >= 4 is 17.4 Å². The van der Waals surface area contributed by atoms with Crippen molar-refractivity contribution in [3.63, 3.8) is 0 Å². The molecule has 4 heterocycles. The molecule has 0 unspecified atom stereocenters. The fourth-order valence-corrected chi connectivity index (χ4v) is 3.71. The van der Waals surface area contributed by atoms with Gasteiger partial charge in [-0.25, -0.2) is 4.98 Å². The normalized spacial score (nSPS) is 26.3. The van der Waals surface area contributed by atoms with Gasteiger partial charge in [-0.15, -0.1) is 10.2 Å². The minimum Gasteiger partial charge on any atom is -0.425 e. The largest absolute Gasteiger partial charge is 0.425 e. The fourth-order valence-electron chi connectivity index (χ4n) is 3.42. The Hall–Kier alpha value is -2.17. The summed E-state index contributed by atoms with van der Waals surface area (Å²) >= 11 is 6.30. The van der Waals surface area contributed by atoms with Gasteiger partial charge in [-0.05, 0) is 6.07 Å². The molecule has 0 aromatic carbocycles. The van der Waals surface area contributed by atoms with Crippen LogP contribution in [0.2, 0.25) is 5.02 Å². The van der Waals surface area contributed by atoms with Crippen molar-refractivity contribution in [3.05, 3.63) is 34.6 Å². The van der Waals surface area contributed by atoms with E-state index < -0.39 is 0 Å². The molecule has 0 saturated carbocycles. The molecule has 2 aliphatic rings. The molecule has 7 nitrogen and oxygen atoms in total. The van der Waals surface area contributed by atoms with Gasteiger partial charge in [0.2, 0.25) is 11.8 Å².